The average Bonchev–Trinajstić information content (AvgIpc) is 3.18. The molecule has 0 aliphatic rings. The van der Waals surface area contributed by atoms with E-state index < -0.39 is 22.8 Å². The number of benzene rings is 2. The highest BCUT2D eigenvalue weighted by Gasteiger charge is 2.18. The molecule has 32 heavy (non-hydrogen) atoms. The van der Waals surface area contributed by atoms with Gasteiger partial charge in [0.2, 0.25) is 5.88 Å². The number of ether oxygens (including phenoxy) is 1. The molecule has 0 unspecified atom stereocenters. The first-order valence-electron chi connectivity index (χ1n) is 9.40. The number of aromatic amines is 1. The van der Waals surface area contributed by atoms with Crippen LogP contribution in [0.4, 0.5) is 8.78 Å². The van der Waals surface area contributed by atoms with Gasteiger partial charge >= 0.3 is 5.63 Å². The van der Waals surface area contributed by atoms with Crippen molar-refractivity contribution in [3.63, 3.8) is 0 Å². The van der Waals surface area contributed by atoms with Gasteiger partial charge in [0, 0.05) is 17.2 Å². The molecule has 1 N–H and O–H groups in total. The number of aryl methyl sites for hydroxylation is 2. The van der Waals surface area contributed by atoms with Gasteiger partial charge in [-0.05, 0) is 53.5 Å². The van der Waals surface area contributed by atoms with Crippen LogP contribution < -0.4 is 15.9 Å². The summed E-state index contributed by atoms with van der Waals surface area (Å²) >= 11 is 3.22. The SMILES string of the molecule is Cc1ccc(-c2cc(=O)o[nH]2)cc1-n1c(C)nc(OCc2ccc(F)cc2F)c(Br)c1=O. The Morgan fingerprint density at radius 3 is 2.59 bits per heavy atom. The van der Waals surface area contributed by atoms with E-state index in [4.69, 9.17) is 9.26 Å². The number of aromatic nitrogens is 3. The second-order valence-corrected chi connectivity index (χ2v) is 7.82. The molecule has 0 fully saturated rings. The van der Waals surface area contributed by atoms with E-state index in [9.17, 15) is 18.4 Å². The lowest BCUT2D eigenvalue weighted by Crippen LogP contribution is -2.24. The van der Waals surface area contributed by atoms with Crippen molar-refractivity contribution in [1.29, 1.82) is 0 Å². The zero-order valence-electron chi connectivity index (χ0n) is 16.9. The van der Waals surface area contributed by atoms with Gasteiger partial charge in [0.05, 0.1) is 17.4 Å². The Bertz CT molecular complexity index is 1440. The Labute approximate surface area is 188 Å². The molecule has 164 valence electrons. The standard InChI is InChI=1S/C22H16BrF2N3O4/c1-11-3-4-13(17-9-19(29)32-27-17)7-18(11)28-12(2)26-21(20(23)22(28)30)31-10-14-5-6-15(24)8-16(14)25/h3-9,27H,10H2,1-2H3. The van der Waals surface area contributed by atoms with Gasteiger partial charge in [0.15, 0.2) is 0 Å². The van der Waals surface area contributed by atoms with Crippen molar-refractivity contribution in [3.8, 4) is 22.8 Å². The van der Waals surface area contributed by atoms with Crippen molar-refractivity contribution in [2.24, 2.45) is 0 Å². The largest absolute Gasteiger partial charge is 0.472 e. The van der Waals surface area contributed by atoms with E-state index in [2.05, 4.69) is 26.1 Å². The summed E-state index contributed by atoms with van der Waals surface area (Å²) in [6.07, 6.45) is 0. The van der Waals surface area contributed by atoms with Crippen LogP contribution in [0.2, 0.25) is 0 Å². The van der Waals surface area contributed by atoms with E-state index in [1.807, 2.05) is 6.92 Å². The third-order valence-corrected chi connectivity index (χ3v) is 5.51. The Kier molecular flexibility index (Phi) is 5.79. The number of nitrogens with zero attached hydrogens (tertiary/aromatic N) is 2. The first-order chi connectivity index (χ1) is 15.2. The molecule has 10 heteroatoms. The van der Waals surface area contributed by atoms with Crippen LogP contribution >= 0.6 is 15.9 Å². The summed E-state index contributed by atoms with van der Waals surface area (Å²) in [6.45, 7) is 3.23. The first kappa shape index (κ1) is 21.7. The number of halogens is 3. The minimum atomic E-state index is -0.754. The van der Waals surface area contributed by atoms with E-state index in [0.717, 1.165) is 17.7 Å². The fraction of sp³-hybridized carbons (Fsp3) is 0.136. The molecule has 4 rings (SSSR count). The molecule has 0 saturated heterocycles. The van der Waals surface area contributed by atoms with Crippen LogP contribution in [0.25, 0.3) is 16.9 Å². The maximum Gasteiger partial charge on any atom is 0.357 e. The molecular formula is C22H16BrF2N3O4. The van der Waals surface area contributed by atoms with E-state index >= 15 is 0 Å². The van der Waals surface area contributed by atoms with Gasteiger partial charge in [-0.25, -0.2) is 18.7 Å². The lowest BCUT2D eigenvalue weighted by Gasteiger charge is -2.16. The molecule has 7 nitrogen and oxygen atoms in total. The van der Waals surface area contributed by atoms with Crippen molar-refractivity contribution in [2.75, 3.05) is 0 Å². The molecule has 0 aliphatic carbocycles. The van der Waals surface area contributed by atoms with Gasteiger partial charge in [0.1, 0.15) is 28.5 Å². The second kappa shape index (κ2) is 8.54. The molecule has 0 atom stereocenters. The molecule has 0 spiro atoms. The van der Waals surface area contributed by atoms with Crippen LogP contribution in [0.5, 0.6) is 5.88 Å². The van der Waals surface area contributed by atoms with Crippen molar-refractivity contribution < 1.29 is 18.0 Å². The van der Waals surface area contributed by atoms with Crippen molar-refractivity contribution in [2.45, 2.75) is 20.5 Å². The maximum atomic E-state index is 13.9. The smallest absolute Gasteiger partial charge is 0.357 e. The summed E-state index contributed by atoms with van der Waals surface area (Å²) in [6, 6.07) is 9.77. The normalized spacial score (nSPS) is 11.0. The van der Waals surface area contributed by atoms with Gasteiger partial charge < -0.3 is 9.26 Å². The summed E-state index contributed by atoms with van der Waals surface area (Å²) < 4.78 is 38.7. The summed E-state index contributed by atoms with van der Waals surface area (Å²) in [4.78, 5) is 28.8. The third-order valence-electron chi connectivity index (χ3n) is 4.83. The van der Waals surface area contributed by atoms with Crippen LogP contribution in [0.1, 0.15) is 17.0 Å². The van der Waals surface area contributed by atoms with E-state index in [0.29, 0.717) is 22.8 Å². The maximum absolute atomic E-state index is 13.9. The molecule has 0 amide bonds. The Morgan fingerprint density at radius 2 is 1.91 bits per heavy atom. The molecule has 2 heterocycles. The Morgan fingerprint density at radius 1 is 1.12 bits per heavy atom. The number of H-pyrrole nitrogens is 1. The summed E-state index contributed by atoms with van der Waals surface area (Å²) in [7, 11) is 0. The molecule has 0 radical (unpaired) electrons. The minimum absolute atomic E-state index is 0.0135. The Balaban J connectivity index is 1.72. The molecule has 0 aliphatic heterocycles. The van der Waals surface area contributed by atoms with Crippen molar-refractivity contribution in [3.05, 3.63) is 96.3 Å². The highest BCUT2D eigenvalue weighted by Crippen LogP contribution is 2.26. The van der Waals surface area contributed by atoms with Gasteiger partial charge in [-0.3, -0.25) is 9.36 Å². The zero-order valence-corrected chi connectivity index (χ0v) is 18.5. The Hall–Kier alpha value is -3.53. The lowest BCUT2D eigenvalue weighted by molar-refractivity contribution is 0.283. The highest BCUT2D eigenvalue weighted by molar-refractivity contribution is 9.10. The van der Waals surface area contributed by atoms with Crippen LogP contribution in [0.15, 0.2) is 61.0 Å². The predicted octanol–water partition coefficient (Wildman–Crippen LogP) is 4.42. The quantitative estimate of drug-likeness (QED) is 0.435. The number of hydrogen-bond donors (Lipinski definition) is 1. The number of nitrogens with one attached hydrogen (secondary N) is 1. The lowest BCUT2D eigenvalue weighted by atomic mass is 10.1. The first-order valence-corrected chi connectivity index (χ1v) is 10.2. The van der Waals surface area contributed by atoms with E-state index in [-0.39, 0.29) is 22.5 Å². The fourth-order valence-electron chi connectivity index (χ4n) is 3.19. The van der Waals surface area contributed by atoms with Crippen LogP contribution in [0.3, 0.4) is 0 Å². The van der Waals surface area contributed by atoms with Crippen LogP contribution in [-0.2, 0) is 6.61 Å². The van der Waals surface area contributed by atoms with Crippen LogP contribution in [-0.4, -0.2) is 14.7 Å². The molecule has 4 aromatic rings. The monoisotopic (exact) mass is 503 g/mol. The third kappa shape index (κ3) is 4.13. The van der Waals surface area contributed by atoms with Crippen molar-refractivity contribution in [1.82, 2.24) is 14.7 Å². The molecule has 0 bridgehead atoms. The van der Waals surface area contributed by atoms with E-state index in [1.165, 1.54) is 16.7 Å². The minimum Gasteiger partial charge on any atom is -0.472 e. The van der Waals surface area contributed by atoms with Gasteiger partial charge in [-0.2, -0.15) is 4.98 Å². The average molecular weight is 504 g/mol. The highest BCUT2D eigenvalue weighted by atomic mass is 79.9. The zero-order chi connectivity index (χ0) is 23.0. The number of rotatable bonds is 5. The summed E-state index contributed by atoms with van der Waals surface area (Å²) in [5.41, 5.74) is 1.63. The summed E-state index contributed by atoms with van der Waals surface area (Å²) in [5, 5.41) is 2.54. The summed E-state index contributed by atoms with van der Waals surface area (Å²) in [5.74, 6) is -1.13. The van der Waals surface area contributed by atoms with Gasteiger partial charge in [0.25, 0.3) is 5.56 Å². The molecule has 0 saturated carbocycles. The van der Waals surface area contributed by atoms with Gasteiger partial charge in [-0.15, -0.1) is 0 Å². The van der Waals surface area contributed by atoms with Crippen molar-refractivity contribution >= 4 is 15.9 Å². The predicted molar refractivity (Wildman–Crippen MR) is 116 cm³/mol. The molecule has 2 aromatic heterocycles. The van der Waals surface area contributed by atoms with E-state index in [1.54, 1.807) is 25.1 Å². The molecular weight excluding hydrogens is 488 g/mol. The second-order valence-electron chi connectivity index (χ2n) is 7.03. The van der Waals surface area contributed by atoms with Crippen LogP contribution in [0, 0.1) is 25.5 Å². The topological polar surface area (TPSA) is 90.1 Å². The molecule has 2 aromatic carbocycles. The fourth-order valence-corrected chi connectivity index (χ4v) is 3.57. The number of hydrogen-bond acceptors (Lipinski definition) is 5. The van der Waals surface area contributed by atoms with Gasteiger partial charge in [-0.1, -0.05) is 12.1 Å².